The van der Waals surface area contributed by atoms with E-state index in [1.807, 2.05) is 41.3 Å². The van der Waals surface area contributed by atoms with Gasteiger partial charge in [-0.2, -0.15) is 0 Å². The number of nitrogens with zero attached hydrogens (tertiary/aromatic N) is 2. The molecule has 9 heteroatoms. The van der Waals surface area contributed by atoms with Crippen molar-refractivity contribution < 1.29 is 28.6 Å². The maximum Gasteiger partial charge on any atom is 0.337 e. The second-order valence-corrected chi connectivity index (χ2v) is 9.64. The number of amides is 1. The molecule has 1 saturated heterocycles. The van der Waals surface area contributed by atoms with Crippen LogP contribution in [-0.4, -0.2) is 74.6 Å². The number of carbonyl (C=O) groups is 3. The first-order valence-corrected chi connectivity index (χ1v) is 13.0. The van der Waals surface area contributed by atoms with E-state index < -0.39 is 5.97 Å². The van der Waals surface area contributed by atoms with Gasteiger partial charge in [0.1, 0.15) is 0 Å². The lowest BCUT2D eigenvalue weighted by molar-refractivity contribution is 0.00340. The van der Waals surface area contributed by atoms with Crippen LogP contribution in [0.25, 0.3) is 0 Å². The Hall–Kier alpha value is -3.72. The van der Waals surface area contributed by atoms with Crippen molar-refractivity contribution in [3.63, 3.8) is 0 Å². The molecule has 1 fully saturated rings. The molecule has 39 heavy (non-hydrogen) atoms. The number of carbonyl (C=O) groups excluding carboxylic acids is 3. The van der Waals surface area contributed by atoms with Crippen LogP contribution in [0.4, 0.5) is 0 Å². The summed E-state index contributed by atoms with van der Waals surface area (Å²) in [4.78, 5) is 40.5. The lowest BCUT2D eigenvalue weighted by Crippen LogP contribution is -2.49. The van der Waals surface area contributed by atoms with Gasteiger partial charge in [-0.1, -0.05) is 35.9 Å². The predicted octanol–water partition coefficient (Wildman–Crippen LogP) is 4.63. The minimum atomic E-state index is -0.432. The first kappa shape index (κ1) is 28.3. The molecule has 1 heterocycles. The quantitative estimate of drug-likeness (QED) is 0.359. The topological polar surface area (TPSA) is 85.4 Å². The van der Waals surface area contributed by atoms with E-state index in [9.17, 15) is 14.4 Å². The number of hydrogen-bond donors (Lipinski definition) is 0. The zero-order valence-electron chi connectivity index (χ0n) is 22.0. The molecule has 0 aromatic heterocycles. The van der Waals surface area contributed by atoms with Crippen molar-refractivity contribution in [2.75, 3.05) is 46.9 Å². The van der Waals surface area contributed by atoms with Gasteiger partial charge in [0.25, 0.3) is 5.91 Å². The molecule has 0 radical (unpaired) electrons. The van der Waals surface area contributed by atoms with Gasteiger partial charge in [0.05, 0.1) is 38.1 Å². The van der Waals surface area contributed by atoms with Gasteiger partial charge >= 0.3 is 11.9 Å². The Labute approximate surface area is 233 Å². The van der Waals surface area contributed by atoms with E-state index in [0.717, 1.165) is 11.1 Å². The van der Waals surface area contributed by atoms with Crippen molar-refractivity contribution in [2.24, 2.45) is 0 Å². The van der Waals surface area contributed by atoms with Crippen LogP contribution in [0.3, 0.4) is 0 Å². The number of ether oxygens (including phenoxy) is 3. The molecule has 1 aliphatic rings. The molecule has 0 saturated carbocycles. The highest BCUT2D eigenvalue weighted by molar-refractivity contribution is 6.30. The smallest absolute Gasteiger partial charge is 0.337 e. The average Bonchev–Trinajstić information content (AvgIpc) is 2.99. The predicted molar refractivity (Wildman–Crippen MR) is 147 cm³/mol. The SMILES string of the molecule is COC(=O)c1ccc(COC(CN2CCN(C(=O)c3ccc(C(=O)OC)cc3)CC2)c2ccc(Cl)cc2)cc1. The second kappa shape index (κ2) is 13.4. The van der Waals surface area contributed by atoms with E-state index in [1.54, 1.807) is 36.4 Å². The molecule has 204 valence electrons. The maximum atomic E-state index is 13.0. The summed E-state index contributed by atoms with van der Waals surface area (Å²) in [6, 6.07) is 21.3. The van der Waals surface area contributed by atoms with Crippen LogP contribution in [0.2, 0.25) is 5.02 Å². The summed E-state index contributed by atoms with van der Waals surface area (Å²) < 4.78 is 15.8. The average molecular weight is 551 g/mol. The van der Waals surface area contributed by atoms with Crippen LogP contribution in [0.5, 0.6) is 0 Å². The van der Waals surface area contributed by atoms with Crippen LogP contribution < -0.4 is 0 Å². The first-order valence-electron chi connectivity index (χ1n) is 12.6. The molecule has 1 unspecified atom stereocenters. The van der Waals surface area contributed by atoms with E-state index in [4.69, 9.17) is 25.8 Å². The molecule has 0 spiro atoms. The van der Waals surface area contributed by atoms with Gasteiger partial charge in [0.2, 0.25) is 0 Å². The first-order chi connectivity index (χ1) is 18.9. The highest BCUT2D eigenvalue weighted by Gasteiger charge is 2.25. The molecule has 1 atom stereocenters. The van der Waals surface area contributed by atoms with Crippen LogP contribution >= 0.6 is 11.6 Å². The molecule has 0 aliphatic carbocycles. The normalized spacial score (nSPS) is 14.5. The number of rotatable bonds is 9. The lowest BCUT2D eigenvalue weighted by Gasteiger charge is -2.36. The molecular formula is C30H31ClN2O6. The fourth-order valence-corrected chi connectivity index (χ4v) is 4.53. The Bertz CT molecular complexity index is 1270. The molecule has 0 bridgehead atoms. The summed E-state index contributed by atoms with van der Waals surface area (Å²) in [6.45, 7) is 3.59. The summed E-state index contributed by atoms with van der Waals surface area (Å²) in [5.41, 5.74) is 3.38. The third-order valence-corrected chi connectivity index (χ3v) is 6.96. The van der Waals surface area contributed by atoms with Crippen LogP contribution in [-0.2, 0) is 20.8 Å². The second-order valence-electron chi connectivity index (χ2n) is 9.20. The Morgan fingerprint density at radius 2 is 1.26 bits per heavy atom. The Morgan fingerprint density at radius 1 is 0.744 bits per heavy atom. The summed E-state index contributed by atoms with van der Waals surface area (Å²) in [5, 5.41) is 0.655. The third-order valence-electron chi connectivity index (χ3n) is 6.70. The monoisotopic (exact) mass is 550 g/mol. The minimum Gasteiger partial charge on any atom is -0.465 e. The number of methoxy groups -OCH3 is 2. The minimum absolute atomic E-state index is 0.0630. The summed E-state index contributed by atoms with van der Waals surface area (Å²) in [5.74, 6) is -0.873. The number of piperazine rings is 1. The van der Waals surface area contributed by atoms with E-state index in [1.165, 1.54) is 14.2 Å². The van der Waals surface area contributed by atoms with Crippen LogP contribution in [0, 0.1) is 0 Å². The van der Waals surface area contributed by atoms with Crippen LogP contribution in [0.15, 0.2) is 72.8 Å². The van der Waals surface area contributed by atoms with Crippen molar-refractivity contribution in [1.29, 1.82) is 0 Å². The molecule has 1 amide bonds. The number of esters is 2. The van der Waals surface area contributed by atoms with E-state index in [0.29, 0.717) is 61.0 Å². The largest absolute Gasteiger partial charge is 0.465 e. The highest BCUT2D eigenvalue weighted by Crippen LogP contribution is 2.24. The van der Waals surface area contributed by atoms with Crippen molar-refractivity contribution >= 4 is 29.4 Å². The van der Waals surface area contributed by atoms with Crippen molar-refractivity contribution in [3.05, 3.63) is 106 Å². The summed E-state index contributed by atoms with van der Waals surface area (Å²) in [7, 11) is 2.68. The standard InChI is InChI=1S/C30H31ClN2O6/c1-37-29(35)24-5-3-21(4-6-24)20-39-27(22-11-13-26(31)14-12-22)19-32-15-17-33(18-16-32)28(34)23-7-9-25(10-8-23)30(36)38-2/h3-14,27H,15-20H2,1-2H3. The van der Waals surface area contributed by atoms with Crippen molar-refractivity contribution in [2.45, 2.75) is 12.7 Å². The van der Waals surface area contributed by atoms with Gasteiger partial charge in [0, 0.05) is 43.3 Å². The van der Waals surface area contributed by atoms with Crippen molar-refractivity contribution in [3.8, 4) is 0 Å². The zero-order valence-corrected chi connectivity index (χ0v) is 22.7. The Morgan fingerprint density at radius 3 is 1.79 bits per heavy atom. The molecule has 8 nitrogen and oxygen atoms in total. The summed E-state index contributed by atoms with van der Waals surface area (Å²) >= 11 is 6.11. The zero-order chi connectivity index (χ0) is 27.8. The molecular weight excluding hydrogens is 520 g/mol. The van der Waals surface area contributed by atoms with Gasteiger partial charge in [-0.25, -0.2) is 9.59 Å². The maximum absolute atomic E-state index is 13.0. The van der Waals surface area contributed by atoms with Gasteiger partial charge in [0.15, 0.2) is 0 Å². The molecule has 4 rings (SSSR count). The number of halogens is 1. The van der Waals surface area contributed by atoms with E-state index in [-0.39, 0.29) is 18.0 Å². The van der Waals surface area contributed by atoms with Crippen LogP contribution in [0.1, 0.15) is 48.3 Å². The molecule has 3 aromatic carbocycles. The molecule has 3 aromatic rings. The van der Waals surface area contributed by atoms with Gasteiger partial charge < -0.3 is 19.1 Å². The molecule has 1 aliphatic heterocycles. The van der Waals surface area contributed by atoms with E-state index >= 15 is 0 Å². The Kier molecular flexibility index (Phi) is 9.70. The number of hydrogen-bond acceptors (Lipinski definition) is 7. The molecule has 0 N–H and O–H groups in total. The fourth-order valence-electron chi connectivity index (χ4n) is 4.40. The van der Waals surface area contributed by atoms with Gasteiger partial charge in [-0.05, 0) is 59.7 Å². The lowest BCUT2D eigenvalue weighted by atomic mass is 10.1. The Balaban J connectivity index is 1.36. The highest BCUT2D eigenvalue weighted by atomic mass is 35.5. The van der Waals surface area contributed by atoms with Gasteiger partial charge in [-0.15, -0.1) is 0 Å². The van der Waals surface area contributed by atoms with Gasteiger partial charge in [-0.3, -0.25) is 9.69 Å². The van der Waals surface area contributed by atoms with E-state index in [2.05, 4.69) is 4.90 Å². The summed E-state index contributed by atoms with van der Waals surface area (Å²) in [6.07, 6.45) is -0.212. The van der Waals surface area contributed by atoms with Crippen molar-refractivity contribution in [1.82, 2.24) is 9.80 Å². The third kappa shape index (κ3) is 7.44. The number of benzene rings is 3. The fraction of sp³-hybridized carbons (Fsp3) is 0.300.